The minimum atomic E-state index is 0.464. The van der Waals surface area contributed by atoms with Crippen molar-refractivity contribution in [3.8, 4) is 0 Å². The van der Waals surface area contributed by atoms with Crippen LogP contribution in [0.3, 0.4) is 0 Å². The zero-order chi connectivity index (χ0) is 12.5. The van der Waals surface area contributed by atoms with Crippen molar-refractivity contribution in [1.82, 2.24) is 10.2 Å². The Morgan fingerprint density at radius 1 is 1.12 bits per heavy atom. The maximum absolute atomic E-state index is 3.60. The highest BCUT2D eigenvalue weighted by atomic mass is 15.2. The van der Waals surface area contributed by atoms with Gasteiger partial charge in [0.2, 0.25) is 0 Å². The molecule has 1 heterocycles. The molecule has 100 valence electrons. The Hall–Kier alpha value is -0.0800. The van der Waals surface area contributed by atoms with Crippen LogP contribution in [0.5, 0.6) is 0 Å². The molecule has 1 aliphatic heterocycles. The summed E-state index contributed by atoms with van der Waals surface area (Å²) in [5.41, 5.74) is 0.464. The van der Waals surface area contributed by atoms with Gasteiger partial charge in [0.25, 0.3) is 0 Å². The smallest absolute Gasteiger partial charge is 0.0271 e. The predicted octanol–water partition coefficient (Wildman–Crippen LogP) is 3.03. The van der Waals surface area contributed by atoms with E-state index >= 15 is 0 Å². The maximum Gasteiger partial charge on any atom is 0.0271 e. The molecule has 1 saturated heterocycles. The standard InChI is InChI=1S/C15H30N2/c1-12-8-6-5-7-11-17(12)13-9-10-15(2,3)14(13)16-4/h12-14,16H,5-11H2,1-4H3. The summed E-state index contributed by atoms with van der Waals surface area (Å²) in [6, 6.07) is 2.22. The molecule has 0 aromatic carbocycles. The molecule has 0 amide bonds. The lowest BCUT2D eigenvalue weighted by molar-refractivity contribution is 0.112. The first-order valence-electron chi connectivity index (χ1n) is 7.49. The minimum Gasteiger partial charge on any atom is -0.315 e. The molecule has 3 unspecified atom stereocenters. The van der Waals surface area contributed by atoms with Crippen LogP contribution in [0.15, 0.2) is 0 Å². The van der Waals surface area contributed by atoms with Gasteiger partial charge in [0.1, 0.15) is 0 Å². The van der Waals surface area contributed by atoms with Crippen LogP contribution < -0.4 is 5.32 Å². The molecular weight excluding hydrogens is 208 g/mol. The van der Waals surface area contributed by atoms with E-state index in [4.69, 9.17) is 0 Å². The van der Waals surface area contributed by atoms with Gasteiger partial charge in [-0.15, -0.1) is 0 Å². The molecule has 1 saturated carbocycles. The Balaban J connectivity index is 2.10. The molecule has 1 aliphatic carbocycles. The first-order valence-corrected chi connectivity index (χ1v) is 7.49. The SMILES string of the molecule is CNC1C(N2CCCCCC2C)CCC1(C)C. The zero-order valence-electron chi connectivity index (χ0n) is 12.1. The Labute approximate surface area is 107 Å². The predicted molar refractivity (Wildman–Crippen MR) is 74.3 cm³/mol. The summed E-state index contributed by atoms with van der Waals surface area (Å²) in [5.74, 6) is 0. The molecule has 0 aromatic heterocycles. The monoisotopic (exact) mass is 238 g/mol. The number of nitrogens with one attached hydrogen (secondary N) is 1. The molecule has 0 aromatic rings. The molecule has 0 bridgehead atoms. The Bertz CT molecular complexity index is 249. The van der Waals surface area contributed by atoms with Gasteiger partial charge >= 0.3 is 0 Å². The van der Waals surface area contributed by atoms with Crippen LogP contribution in [0.25, 0.3) is 0 Å². The summed E-state index contributed by atoms with van der Waals surface area (Å²) in [6.07, 6.45) is 8.40. The number of likely N-dealkylation sites (tertiary alicyclic amines) is 1. The van der Waals surface area contributed by atoms with Crippen LogP contribution >= 0.6 is 0 Å². The van der Waals surface area contributed by atoms with E-state index in [1.54, 1.807) is 0 Å². The third kappa shape index (κ3) is 2.68. The van der Waals surface area contributed by atoms with Crippen LogP contribution in [0.4, 0.5) is 0 Å². The first kappa shape index (κ1) is 13.4. The summed E-state index contributed by atoms with van der Waals surface area (Å²) in [4.78, 5) is 2.81. The number of nitrogens with zero attached hydrogens (tertiary/aromatic N) is 1. The molecule has 3 atom stereocenters. The van der Waals surface area contributed by atoms with Crippen LogP contribution in [0, 0.1) is 5.41 Å². The molecule has 1 N–H and O–H groups in total. The zero-order valence-corrected chi connectivity index (χ0v) is 12.1. The lowest BCUT2D eigenvalue weighted by atomic mass is 9.86. The summed E-state index contributed by atoms with van der Waals surface area (Å²) in [5, 5.41) is 3.60. The van der Waals surface area contributed by atoms with Gasteiger partial charge in [0.05, 0.1) is 0 Å². The van der Waals surface area contributed by atoms with Crippen molar-refractivity contribution in [3.05, 3.63) is 0 Å². The fraction of sp³-hybridized carbons (Fsp3) is 1.00. The fourth-order valence-electron chi connectivity index (χ4n) is 4.09. The fourth-order valence-corrected chi connectivity index (χ4v) is 4.09. The molecule has 0 radical (unpaired) electrons. The molecule has 2 heteroatoms. The molecule has 0 spiro atoms. The summed E-state index contributed by atoms with van der Waals surface area (Å²) < 4.78 is 0. The highest BCUT2D eigenvalue weighted by Gasteiger charge is 2.44. The summed E-state index contributed by atoms with van der Waals surface area (Å²) >= 11 is 0. The number of hydrogen-bond acceptors (Lipinski definition) is 2. The van der Waals surface area contributed by atoms with Crippen LogP contribution in [-0.4, -0.2) is 36.6 Å². The number of rotatable bonds is 2. The van der Waals surface area contributed by atoms with Crippen molar-refractivity contribution < 1.29 is 0 Å². The minimum absolute atomic E-state index is 0.464. The van der Waals surface area contributed by atoms with Crippen molar-refractivity contribution in [3.63, 3.8) is 0 Å². The van der Waals surface area contributed by atoms with Gasteiger partial charge in [0.15, 0.2) is 0 Å². The van der Waals surface area contributed by atoms with E-state index in [1.165, 1.54) is 45.1 Å². The largest absolute Gasteiger partial charge is 0.315 e. The van der Waals surface area contributed by atoms with Gasteiger partial charge in [-0.25, -0.2) is 0 Å². The average Bonchev–Trinajstić information content (AvgIpc) is 2.45. The van der Waals surface area contributed by atoms with Gasteiger partial charge in [-0.05, 0) is 51.6 Å². The van der Waals surface area contributed by atoms with Gasteiger partial charge in [-0.3, -0.25) is 4.90 Å². The Morgan fingerprint density at radius 2 is 1.88 bits per heavy atom. The van der Waals surface area contributed by atoms with E-state index in [2.05, 4.69) is 38.0 Å². The topological polar surface area (TPSA) is 15.3 Å². The second-order valence-electron chi connectivity index (χ2n) is 6.80. The Morgan fingerprint density at radius 3 is 2.59 bits per heavy atom. The van der Waals surface area contributed by atoms with Gasteiger partial charge in [0, 0.05) is 18.1 Å². The van der Waals surface area contributed by atoms with E-state index in [9.17, 15) is 0 Å². The average molecular weight is 238 g/mol. The lowest BCUT2D eigenvalue weighted by Gasteiger charge is -2.39. The summed E-state index contributed by atoms with van der Waals surface area (Å²) in [7, 11) is 2.15. The van der Waals surface area contributed by atoms with Crippen molar-refractivity contribution in [1.29, 1.82) is 0 Å². The van der Waals surface area contributed by atoms with E-state index in [-0.39, 0.29) is 0 Å². The molecule has 2 rings (SSSR count). The molecule has 2 fully saturated rings. The second kappa shape index (κ2) is 5.27. The normalized spacial score (nSPS) is 39.2. The first-order chi connectivity index (χ1) is 8.06. The molecule has 17 heavy (non-hydrogen) atoms. The quantitative estimate of drug-likeness (QED) is 0.795. The van der Waals surface area contributed by atoms with E-state index in [1.807, 2.05) is 0 Å². The molecule has 2 nitrogen and oxygen atoms in total. The third-order valence-corrected chi connectivity index (χ3v) is 5.15. The van der Waals surface area contributed by atoms with Crippen LogP contribution in [0.1, 0.15) is 59.3 Å². The van der Waals surface area contributed by atoms with Gasteiger partial charge in [-0.1, -0.05) is 26.7 Å². The second-order valence-corrected chi connectivity index (χ2v) is 6.80. The number of hydrogen-bond donors (Lipinski definition) is 1. The van der Waals surface area contributed by atoms with E-state index in [0.717, 1.165) is 12.1 Å². The maximum atomic E-state index is 3.60. The van der Waals surface area contributed by atoms with E-state index < -0.39 is 0 Å². The van der Waals surface area contributed by atoms with Gasteiger partial charge in [-0.2, -0.15) is 0 Å². The van der Waals surface area contributed by atoms with Crippen molar-refractivity contribution in [2.45, 2.75) is 77.4 Å². The van der Waals surface area contributed by atoms with Crippen LogP contribution in [-0.2, 0) is 0 Å². The van der Waals surface area contributed by atoms with E-state index in [0.29, 0.717) is 11.5 Å². The van der Waals surface area contributed by atoms with Crippen molar-refractivity contribution in [2.75, 3.05) is 13.6 Å². The highest BCUT2D eigenvalue weighted by Crippen LogP contribution is 2.41. The molecule has 2 aliphatic rings. The third-order valence-electron chi connectivity index (χ3n) is 5.15. The Kier molecular flexibility index (Phi) is 4.14. The van der Waals surface area contributed by atoms with Crippen molar-refractivity contribution >= 4 is 0 Å². The summed E-state index contributed by atoms with van der Waals surface area (Å²) in [6.45, 7) is 8.61. The van der Waals surface area contributed by atoms with Gasteiger partial charge < -0.3 is 5.32 Å². The van der Waals surface area contributed by atoms with Crippen LogP contribution in [0.2, 0.25) is 0 Å². The highest BCUT2D eigenvalue weighted by molar-refractivity contribution is 5.01. The molecular formula is C15H30N2. The van der Waals surface area contributed by atoms with Crippen molar-refractivity contribution in [2.24, 2.45) is 5.41 Å². The number of likely N-dealkylation sites (N-methyl/N-ethyl adjacent to an activating group) is 1. The lowest BCUT2D eigenvalue weighted by Crippen LogP contribution is -2.53.